The Hall–Kier alpha value is -3.02. The molecule has 1 fully saturated rings. The van der Waals surface area contributed by atoms with Crippen molar-refractivity contribution in [2.75, 3.05) is 38.7 Å². The van der Waals surface area contributed by atoms with Gasteiger partial charge in [0.15, 0.2) is 6.61 Å². The number of hydrogen-bond acceptors (Lipinski definition) is 4. The Balaban J connectivity index is 1.43. The standard InChI is InChI=1S/C23H29N3O3/c1-17-4-10-21(11-5-17)29-16-22(27)26-14-12-19(13-15-26)24-23(28)18-6-8-20(9-7-18)25(2)3/h4-11,19H,12-16H2,1-3H3,(H,24,28). The van der Waals surface area contributed by atoms with Crippen molar-refractivity contribution in [2.45, 2.75) is 25.8 Å². The normalized spacial score (nSPS) is 14.4. The molecule has 6 heteroatoms. The summed E-state index contributed by atoms with van der Waals surface area (Å²) in [7, 11) is 3.94. The molecule has 29 heavy (non-hydrogen) atoms. The Morgan fingerprint density at radius 1 is 1.03 bits per heavy atom. The van der Waals surface area contributed by atoms with Crippen molar-refractivity contribution in [1.29, 1.82) is 0 Å². The molecule has 0 bridgehead atoms. The summed E-state index contributed by atoms with van der Waals surface area (Å²) >= 11 is 0. The van der Waals surface area contributed by atoms with E-state index >= 15 is 0 Å². The van der Waals surface area contributed by atoms with Gasteiger partial charge in [0, 0.05) is 44.5 Å². The summed E-state index contributed by atoms with van der Waals surface area (Å²) < 4.78 is 5.59. The van der Waals surface area contributed by atoms with Crippen LogP contribution in [-0.2, 0) is 4.79 Å². The number of ether oxygens (including phenoxy) is 1. The van der Waals surface area contributed by atoms with Crippen LogP contribution in [0.4, 0.5) is 5.69 Å². The molecule has 0 aromatic heterocycles. The number of anilines is 1. The maximum Gasteiger partial charge on any atom is 0.260 e. The van der Waals surface area contributed by atoms with Gasteiger partial charge in [-0.1, -0.05) is 17.7 Å². The minimum Gasteiger partial charge on any atom is -0.484 e. The Morgan fingerprint density at radius 2 is 1.66 bits per heavy atom. The summed E-state index contributed by atoms with van der Waals surface area (Å²) in [5.74, 6) is 0.615. The molecule has 0 atom stereocenters. The fourth-order valence-corrected chi connectivity index (χ4v) is 3.32. The summed E-state index contributed by atoms with van der Waals surface area (Å²) in [5.41, 5.74) is 2.86. The molecule has 2 aromatic carbocycles. The van der Waals surface area contributed by atoms with Crippen LogP contribution in [0.1, 0.15) is 28.8 Å². The van der Waals surface area contributed by atoms with Gasteiger partial charge < -0.3 is 19.9 Å². The van der Waals surface area contributed by atoms with E-state index in [0.29, 0.717) is 24.4 Å². The van der Waals surface area contributed by atoms with Gasteiger partial charge in [-0.25, -0.2) is 0 Å². The van der Waals surface area contributed by atoms with Crippen LogP contribution < -0.4 is 15.0 Å². The van der Waals surface area contributed by atoms with E-state index in [9.17, 15) is 9.59 Å². The van der Waals surface area contributed by atoms with Gasteiger partial charge in [0.05, 0.1) is 0 Å². The predicted molar refractivity (Wildman–Crippen MR) is 115 cm³/mol. The highest BCUT2D eigenvalue weighted by molar-refractivity contribution is 5.94. The molecular weight excluding hydrogens is 366 g/mol. The lowest BCUT2D eigenvalue weighted by Gasteiger charge is -2.32. The maximum atomic E-state index is 12.5. The van der Waals surface area contributed by atoms with E-state index in [0.717, 1.165) is 24.1 Å². The topological polar surface area (TPSA) is 61.9 Å². The summed E-state index contributed by atoms with van der Waals surface area (Å²) in [6.07, 6.45) is 1.50. The number of nitrogens with one attached hydrogen (secondary N) is 1. The van der Waals surface area contributed by atoms with E-state index in [2.05, 4.69) is 5.32 Å². The molecule has 2 aromatic rings. The van der Waals surface area contributed by atoms with Crippen molar-refractivity contribution < 1.29 is 14.3 Å². The zero-order valence-electron chi connectivity index (χ0n) is 17.4. The monoisotopic (exact) mass is 395 g/mol. The summed E-state index contributed by atoms with van der Waals surface area (Å²) in [5, 5.41) is 3.08. The summed E-state index contributed by atoms with van der Waals surface area (Å²) in [6.45, 7) is 3.30. The third kappa shape index (κ3) is 5.73. The highest BCUT2D eigenvalue weighted by Crippen LogP contribution is 2.16. The molecule has 1 saturated heterocycles. The van der Waals surface area contributed by atoms with Crippen LogP contribution in [0.25, 0.3) is 0 Å². The van der Waals surface area contributed by atoms with E-state index in [1.165, 1.54) is 0 Å². The molecule has 1 N–H and O–H groups in total. The minimum absolute atomic E-state index is 0.0189. The number of amides is 2. The second-order valence-electron chi connectivity index (χ2n) is 7.67. The van der Waals surface area contributed by atoms with Gasteiger partial charge in [0.25, 0.3) is 11.8 Å². The highest BCUT2D eigenvalue weighted by atomic mass is 16.5. The van der Waals surface area contributed by atoms with Gasteiger partial charge in [-0.05, 0) is 56.2 Å². The van der Waals surface area contributed by atoms with Crippen LogP contribution in [0.2, 0.25) is 0 Å². The molecule has 154 valence electrons. The van der Waals surface area contributed by atoms with Gasteiger partial charge >= 0.3 is 0 Å². The van der Waals surface area contributed by atoms with Crippen LogP contribution in [0, 0.1) is 6.92 Å². The van der Waals surface area contributed by atoms with Crippen molar-refractivity contribution in [1.82, 2.24) is 10.2 Å². The third-order valence-electron chi connectivity index (χ3n) is 5.21. The highest BCUT2D eigenvalue weighted by Gasteiger charge is 2.24. The van der Waals surface area contributed by atoms with Crippen molar-refractivity contribution in [3.05, 3.63) is 59.7 Å². The third-order valence-corrected chi connectivity index (χ3v) is 5.21. The van der Waals surface area contributed by atoms with E-state index < -0.39 is 0 Å². The zero-order valence-corrected chi connectivity index (χ0v) is 17.4. The van der Waals surface area contributed by atoms with Gasteiger partial charge in [-0.15, -0.1) is 0 Å². The zero-order chi connectivity index (χ0) is 20.8. The Labute approximate surface area is 172 Å². The quantitative estimate of drug-likeness (QED) is 0.817. The fraction of sp³-hybridized carbons (Fsp3) is 0.391. The molecule has 6 nitrogen and oxygen atoms in total. The fourth-order valence-electron chi connectivity index (χ4n) is 3.32. The van der Waals surface area contributed by atoms with E-state index in [1.54, 1.807) is 0 Å². The van der Waals surface area contributed by atoms with Crippen molar-refractivity contribution in [3.63, 3.8) is 0 Å². The van der Waals surface area contributed by atoms with Crippen LogP contribution in [0.15, 0.2) is 48.5 Å². The van der Waals surface area contributed by atoms with Gasteiger partial charge in [0.1, 0.15) is 5.75 Å². The number of rotatable bonds is 6. The molecule has 0 unspecified atom stereocenters. The lowest BCUT2D eigenvalue weighted by molar-refractivity contribution is -0.134. The van der Waals surface area contributed by atoms with Crippen LogP contribution in [0.3, 0.4) is 0 Å². The molecule has 1 aliphatic heterocycles. The maximum absolute atomic E-state index is 12.5. The van der Waals surface area contributed by atoms with Crippen LogP contribution in [0.5, 0.6) is 5.75 Å². The Bertz CT molecular complexity index is 823. The number of piperidine rings is 1. The number of aryl methyl sites for hydroxylation is 1. The number of nitrogens with zero attached hydrogens (tertiary/aromatic N) is 2. The first-order valence-corrected chi connectivity index (χ1v) is 9.98. The van der Waals surface area contributed by atoms with Crippen LogP contribution in [-0.4, -0.2) is 56.5 Å². The van der Waals surface area contributed by atoms with Crippen molar-refractivity contribution >= 4 is 17.5 Å². The SMILES string of the molecule is Cc1ccc(OCC(=O)N2CCC(NC(=O)c3ccc(N(C)C)cc3)CC2)cc1. The smallest absolute Gasteiger partial charge is 0.260 e. The molecule has 0 saturated carbocycles. The Morgan fingerprint density at radius 3 is 2.24 bits per heavy atom. The first kappa shape index (κ1) is 20.7. The lowest BCUT2D eigenvalue weighted by atomic mass is 10.0. The molecule has 0 spiro atoms. The molecule has 1 aliphatic rings. The van der Waals surface area contributed by atoms with Crippen molar-refractivity contribution in [3.8, 4) is 5.75 Å². The number of hydrogen-bond donors (Lipinski definition) is 1. The van der Waals surface area contributed by atoms with E-state index in [1.807, 2.05) is 79.3 Å². The average molecular weight is 396 g/mol. The molecule has 1 heterocycles. The number of carbonyl (C=O) groups is 2. The first-order valence-electron chi connectivity index (χ1n) is 9.98. The Kier molecular flexibility index (Phi) is 6.75. The molecule has 2 amide bonds. The minimum atomic E-state index is -0.0669. The van der Waals surface area contributed by atoms with Gasteiger partial charge in [-0.3, -0.25) is 9.59 Å². The van der Waals surface area contributed by atoms with E-state index in [4.69, 9.17) is 4.74 Å². The second-order valence-corrected chi connectivity index (χ2v) is 7.67. The largest absolute Gasteiger partial charge is 0.484 e. The predicted octanol–water partition coefficient (Wildman–Crippen LogP) is 2.86. The lowest BCUT2D eigenvalue weighted by Crippen LogP contribution is -2.47. The molecular formula is C23H29N3O3. The second kappa shape index (κ2) is 9.45. The van der Waals surface area contributed by atoms with E-state index in [-0.39, 0.29) is 24.5 Å². The van der Waals surface area contributed by atoms with Gasteiger partial charge in [0.2, 0.25) is 0 Å². The van der Waals surface area contributed by atoms with Crippen molar-refractivity contribution in [2.24, 2.45) is 0 Å². The average Bonchev–Trinajstić information content (AvgIpc) is 2.73. The summed E-state index contributed by atoms with van der Waals surface area (Å²) in [6, 6.07) is 15.3. The molecule has 3 rings (SSSR count). The number of carbonyl (C=O) groups excluding carboxylic acids is 2. The number of likely N-dealkylation sites (tertiary alicyclic amines) is 1. The molecule has 0 radical (unpaired) electrons. The summed E-state index contributed by atoms with van der Waals surface area (Å²) in [4.78, 5) is 28.7. The van der Waals surface area contributed by atoms with Crippen LogP contribution >= 0.6 is 0 Å². The van der Waals surface area contributed by atoms with Gasteiger partial charge in [-0.2, -0.15) is 0 Å². The molecule has 0 aliphatic carbocycles. The first-order chi connectivity index (χ1) is 13.9. The number of benzene rings is 2.